The smallest absolute Gasteiger partial charge is 0.193 e. The fraction of sp³-hybridized carbons (Fsp3) is 0.958. The Morgan fingerprint density at radius 2 is 1.15 bits per heavy atom. The molecule has 1 atom stereocenters. The van der Waals surface area contributed by atoms with E-state index in [2.05, 4.69) is 40.8 Å². The summed E-state index contributed by atoms with van der Waals surface area (Å²) in [5.74, 6) is 0.207. The lowest BCUT2D eigenvalue weighted by Crippen LogP contribution is -2.45. The molecule has 0 aliphatic rings. The molecule has 0 aromatic heterocycles. The number of rotatable bonds is 17. The minimum atomic E-state index is -1.86. The van der Waals surface area contributed by atoms with Crippen LogP contribution in [0.15, 0.2) is 0 Å². The van der Waals surface area contributed by atoms with Crippen LogP contribution >= 0.6 is 0 Å². The van der Waals surface area contributed by atoms with Gasteiger partial charge in [0, 0.05) is 0 Å². The molecule has 0 amide bonds. The van der Waals surface area contributed by atoms with Gasteiger partial charge in [-0.1, -0.05) is 111 Å². The van der Waals surface area contributed by atoms with Gasteiger partial charge in [0.15, 0.2) is 14.1 Å². The molecule has 0 saturated carbocycles. The molecule has 0 aliphatic carbocycles. The van der Waals surface area contributed by atoms with Crippen LogP contribution in [0, 0.1) is 0 Å². The quantitative estimate of drug-likeness (QED) is 0.181. The minimum absolute atomic E-state index is 0.163. The summed E-state index contributed by atoms with van der Waals surface area (Å²) < 4.78 is 6.36. The minimum Gasteiger partial charge on any atom is -0.407 e. The molecule has 3 heteroatoms. The van der Waals surface area contributed by atoms with E-state index in [1.54, 1.807) is 6.92 Å². The number of hydrogen-bond acceptors (Lipinski definition) is 2. The molecule has 0 aromatic carbocycles. The first-order valence-corrected chi connectivity index (χ1v) is 14.7. The van der Waals surface area contributed by atoms with Crippen LogP contribution in [0.2, 0.25) is 18.1 Å². The molecule has 0 spiro atoms. The first kappa shape index (κ1) is 26.8. The van der Waals surface area contributed by atoms with Gasteiger partial charge in [-0.05, 0) is 31.5 Å². The van der Waals surface area contributed by atoms with Crippen molar-refractivity contribution in [2.45, 2.75) is 149 Å². The van der Waals surface area contributed by atoms with E-state index in [9.17, 15) is 4.79 Å². The summed E-state index contributed by atoms with van der Waals surface area (Å²) in [5, 5.41) is 0.163. The third-order valence-corrected chi connectivity index (χ3v) is 10.8. The van der Waals surface area contributed by atoms with Crippen LogP contribution in [0.4, 0.5) is 0 Å². The van der Waals surface area contributed by atoms with Crippen LogP contribution in [-0.2, 0) is 9.22 Å². The van der Waals surface area contributed by atoms with E-state index in [4.69, 9.17) is 4.43 Å². The number of Topliss-reactive ketones (excluding diaryl/α,β-unsaturated/α-hetero) is 1. The molecule has 0 saturated heterocycles. The van der Waals surface area contributed by atoms with E-state index in [0.717, 1.165) is 12.8 Å². The predicted molar refractivity (Wildman–Crippen MR) is 123 cm³/mol. The monoisotopic (exact) mass is 398 g/mol. The summed E-state index contributed by atoms with van der Waals surface area (Å²) >= 11 is 0. The van der Waals surface area contributed by atoms with Crippen LogP contribution in [-0.4, -0.2) is 20.2 Å². The second kappa shape index (κ2) is 14.8. The molecule has 0 rings (SSSR count). The van der Waals surface area contributed by atoms with Crippen molar-refractivity contribution in [1.29, 1.82) is 0 Å². The summed E-state index contributed by atoms with van der Waals surface area (Å²) in [6.07, 6.45) is 18.4. The SMILES string of the molecule is CCCCCCCCCCCCCCCC(O[Si](C)(C)C(C)(C)C)C(C)=O. The largest absolute Gasteiger partial charge is 0.407 e. The number of carbonyl (C=O) groups excluding carboxylic acids is 1. The Hall–Kier alpha value is -0.153. The van der Waals surface area contributed by atoms with Gasteiger partial charge in [-0.2, -0.15) is 0 Å². The van der Waals surface area contributed by atoms with Crippen molar-refractivity contribution in [1.82, 2.24) is 0 Å². The fourth-order valence-electron chi connectivity index (χ4n) is 3.23. The molecular weight excluding hydrogens is 348 g/mol. The van der Waals surface area contributed by atoms with E-state index in [1.165, 1.54) is 77.0 Å². The second-order valence-electron chi connectivity index (χ2n) is 10.0. The highest BCUT2D eigenvalue weighted by atomic mass is 28.4. The van der Waals surface area contributed by atoms with E-state index in [1.807, 2.05) is 0 Å². The van der Waals surface area contributed by atoms with Gasteiger partial charge in [0.25, 0.3) is 0 Å². The topological polar surface area (TPSA) is 26.3 Å². The van der Waals surface area contributed by atoms with Gasteiger partial charge in [0.2, 0.25) is 0 Å². The van der Waals surface area contributed by atoms with E-state index < -0.39 is 8.32 Å². The highest BCUT2D eigenvalue weighted by molar-refractivity contribution is 6.74. The van der Waals surface area contributed by atoms with Gasteiger partial charge in [0.1, 0.15) is 6.10 Å². The first-order valence-electron chi connectivity index (χ1n) is 11.8. The summed E-state index contributed by atoms with van der Waals surface area (Å²) in [5.41, 5.74) is 0. The van der Waals surface area contributed by atoms with E-state index in [-0.39, 0.29) is 16.9 Å². The Morgan fingerprint density at radius 3 is 1.48 bits per heavy atom. The highest BCUT2D eigenvalue weighted by Gasteiger charge is 2.39. The highest BCUT2D eigenvalue weighted by Crippen LogP contribution is 2.37. The average Bonchev–Trinajstić information content (AvgIpc) is 2.56. The molecule has 1 unspecified atom stereocenters. The maximum absolute atomic E-state index is 12.0. The van der Waals surface area contributed by atoms with Gasteiger partial charge in [-0.3, -0.25) is 4.79 Å². The zero-order valence-electron chi connectivity index (χ0n) is 19.8. The summed E-state index contributed by atoms with van der Waals surface area (Å²) in [4.78, 5) is 12.0. The van der Waals surface area contributed by atoms with Crippen molar-refractivity contribution in [3.05, 3.63) is 0 Å². The molecule has 2 nitrogen and oxygen atoms in total. The van der Waals surface area contributed by atoms with Crippen LogP contribution in [0.3, 0.4) is 0 Å². The van der Waals surface area contributed by atoms with Crippen molar-refractivity contribution in [3.63, 3.8) is 0 Å². The van der Waals surface area contributed by atoms with Crippen LogP contribution < -0.4 is 0 Å². The number of carbonyl (C=O) groups is 1. The Morgan fingerprint density at radius 1 is 0.778 bits per heavy atom. The Bertz CT molecular complexity index is 371. The van der Waals surface area contributed by atoms with E-state index >= 15 is 0 Å². The van der Waals surface area contributed by atoms with Gasteiger partial charge in [-0.15, -0.1) is 0 Å². The first-order chi connectivity index (χ1) is 12.6. The standard InChI is InChI=1S/C24H50O2Si/c1-8-9-10-11-12-13-14-15-16-17-18-19-20-21-23(22(2)25)26-27(6,7)24(3,4)5/h23H,8-21H2,1-7H3. The number of ketones is 1. The summed E-state index contributed by atoms with van der Waals surface area (Å²) in [6.45, 7) is 15.2. The second-order valence-corrected chi connectivity index (χ2v) is 14.8. The lowest BCUT2D eigenvalue weighted by atomic mass is 10.0. The number of unbranched alkanes of at least 4 members (excludes halogenated alkanes) is 12. The van der Waals surface area contributed by atoms with Crippen LogP contribution in [0.1, 0.15) is 125 Å². The van der Waals surface area contributed by atoms with Gasteiger partial charge in [-0.25, -0.2) is 0 Å². The maximum atomic E-state index is 12.0. The van der Waals surface area contributed by atoms with Gasteiger partial charge >= 0.3 is 0 Å². The molecule has 0 heterocycles. The zero-order chi connectivity index (χ0) is 20.8. The summed E-state index contributed by atoms with van der Waals surface area (Å²) in [7, 11) is -1.86. The molecule has 162 valence electrons. The van der Waals surface area contributed by atoms with Crippen molar-refractivity contribution in [2.24, 2.45) is 0 Å². The third-order valence-electron chi connectivity index (χ3n) is 6.27. The molecular formula is C24H50O2Si. The van der Waals surface area contributed by atoms with E-state index in [0.29, 0.717) is 0 Å². The molecule has 0 N–H and O–H groups in total. The average molecular weight is 399 g/mol. The lowest BCUT2D eigenvalue weighted by molar-refractivity contribution is -0.124. The Labute approximate surface area is 172 Å². The Balaban J connectivity index is 3.73. The zero-order valence-corrected chi connectivity index (χ0v) is 20.8. The molecule has 0 aliphatic heterocycles. The number of hydrogen-bond donors (Lipinski definition) is 0. The van der Waals surface area contributed by atoms with Crippen LogP contribution in [0.5, 0.6) is 0 Å². The molecule has 0 fully saturated rings. The molecule has 0 aromatic rings. The Kier molecular flexibility index (Phi) is 14.7. The summed E-state index contributed by atoms with van der Waals surface area (Å²) in [6, 6.07) is 0. The maximum Gasteiger partial charge on any atom is 0.193 e. The van der Waals surface area contributed by atoms with Crippen molar-refractivity contribution >= 4 is 14.1 Å². The molecule has 0 bridgehead atoms. The van der Waals surface area contributed by atoms with Gasteiger partial charge < -0.3 is 4.43 Å². The molecule has 0 radical (unpaired) electrons. The fourth-order valence-corrected chi connectivity index (χ4v) is 4.57. The van der Waals surface area contributed by atoms with Gasteiger partial charge in [0.05, 0.1) is 0 Å². The predicted octanol–water partition coefficient (Wildman–Crippen LogP) is 8.45. The lowest BCUT2D eigenvalue weighted by Gasteiger charge is -2.38. The van der Waals surface area contributed by atoms with Crippen LogP contribution in [0.25, 0.3) is 0 Å². The van der Waals surface area contributed by atoms with Crippen molar-refractivity contribution in [2.75, 3.05) is 0 Å². The van der Waals surface area contributed by atoms with Crippen molar-refractivity contribution < 1.29 is 9.22 Å². The third kappa shape index (κ3) is 13.6. The molecule has 27 heavy (non-hydrogen) atoms. The normalized spacial score (nSPS) is 13.7. The van der Waals surface area contributed by atoms with Crippen molar-refractivity contribution in [3.8, 4) is 0 Å².